The largest absolute Gasteiger partial charge is 0.397 e. The second-order valence-corrected chi connectivity index (χ2v) is 12.0. The molecule has 0 saturated heterocycles. The van der Waals surface area contributed by atoms with Crippen molar-refractivity contribution >= 4 is 24.8 Å². The fourth-order valence-electron chi connectivity index (χ4n) is 3.37. The highest BCUT2D eigenvalue weighted by molar-refractivity contribution is 6.80. The Labute approximate surface area is 122 Å². The van der Waals surface area contributed by atoms with Crippen molar-refractivity contribution in [2.24, 2.45) is 0 Å². The van der Waals surface area contributed by atoms with E-state index < -0.39 is 8.24 Å². The highest BCUT2D eigenvalue weighted by Crippen LogP contribution is 2.38. The Bertz CT molecular complexity index is 637. The molecule has 0 amide bonds. The van der Waals surface area contributed by atoms with E-state index in [1.807, 2.05) is 0 Å². The van der Waals surface area contributed by atoms with E-state index in [2.05, 4.69) is 66.5 Å². The van der Waals surface area contributed by atoms with Crippen LogP contribution in [0.5, 0.6) is 0 Å². The quantitative estimate of drug-likeness (QED) is 0.874. The van der Waals surface area contributed by atoms with Gasteiger partial charge in [0.2, 0.25) is 0 Å². The first-order valence-corrected chi connectivity index (χ1v) is 10.9. The third-order valence-electron chi connectivity index (χ3n) is 4.18. The molecule has 0 radical (unpaired) electrons. The van der Waals surface area contributed by atoms with Crippen LogP contribution in [0.1, 0.15) is 11.1 Å². The zero-order valence-electron chi connectivity index (χ0n) is 13.2. The molecule has 1 aliphatic rings. The molecule has 1 N–H and O–H groups in total. The van der Waals surface area contributed by atoms with Crippen molar-refractivity contribution in [2.45, 2.75) is 32.6 Å². The number of nitrogens with zero attached hydrogens (tertiary/aromatic N) is 2. The van der Waals surface area contributed by atoms with Crippen LogP contribution in [0.25, 0.3) is 10.9 Å². The highest BCUT2D eigenvalue weighted by atomic mass is 28.3. The minimum atomic E-state index is -1.28. The summed E-state index contributed by atoms with van der Waals surface area (Å²) in [7, 11) is 2.99. The van der Waals surface area contributed by atoms with Crippen molar-refractivity contribution in [3.8, 4) is 0 Å². The fraction of sp³-hybridized carbons (Fsp3) is 0.500. The Kier molecular flexibility index (Phi) is 3.18. The first kappa shape index (κ1) is 13.7. The van der Waals surface area contributed by atoms with Gasteiger partial charge in [-0.15, -0.1) is 0 Å². The molecule has 2 heterocycles. The lowest BCUT2D eigenvalue weighted by Crippen LogP contribution is -2.45. The summed E-state index contributed by atoms with van der Waals surface area (Å²) in [6, 6.07) is 4.57. The summed E-state index contributed by atoms with van der Waals surface area (Å²) in [6.45, 7) is 9.50. The molecule has 0 aliphatic carbocycles. The molecule has 20 heavy (non-hydrogen) atoms. The van der Waals surface area contributed by atoms with Crippen LogP contribution in [0.4, 0.5) is 5.69 Å². The van der Waals surface area contributed by atoms with Crippen molar-refractivity contribution in [1.82, 2.24) is 9.88 Å². The summed E-state index contributed by atoms with van der Waals surface area (Å²) in [5.74, 6) is 0. The van der Waals surface area contributed by atoms with Crippen LogP contribution in [0.2, 0.25) is 19.6 Å². The molecule has 2 aromatic rings. The van der Waals surface area contributed by atoms with Gasteiger partial charge in [-0.2, -0.15) is 0 Å². The lowest BCUT2D eigenvalue weighted by Gasteiger charge is -2.32. The van der Waals surface area contributed by atoms with E-state index in [1.54, 1.807) is 5.56 Å². The first-order chi connectivity index (χ1) is 9.38. The van der Waals surface area contributed by atoms with Crippen molar-refractivity contribution in [3.05, 3.63) is 29.5 Å². The van der Waals surface area contributed by atoms with Gasteiger partial charge < -0.3 is 14.4 Å². The number of H-pyrrole nitrogens is 1. The van der Waals surface area contributed by atoms with E-state index in [9.17, 15) is 0 Å². The molecule has 0 unspecified atom stereocenters. The molecule has 3 nitrogen and oxygen atoms in total. The van der Waals surface area contributed by atoms with Crippen LogP contribution in [0.3, 0.4) is 0 Å². The van der Waals surface area contributed by atoms with E-state index in [0.717, 1.165) is 6.54 Å². The number of aromatic amines is 1. The molecule has 0 spiro atoms. The summed E-state index contributed by atoms with van der Waals surface area (Å²) < 4.78 is 2.67. The van der Waals surface area contributed by atoms with Crippen LogP contribution < -0.4 is 4.57 Å². The predicted octanol–water partition coefficient (Wildman–Crippen LogP) is 3.43. The number of rotatable bonds is 3. The van der Waals surface area contributed by atoms with Crippen molar-refractivity contribution in [2.75, 3.05) is 25.2 Å². The van der Waals surface area contributed by atoms with Crippen LogP contribution in [-0.4, -0.2) is 38.8 Å². The van der Waals surface area contributed by atoms with Crippen molar-refractivity contribution in [3.63, 3.8) is 0 Å². The highest BCUT2D eigenvalue weighted by Gasteiger charge is 2.31. The Morgan fingerprint density at radius 1 is 1.25 bits per heavy atom. The Morgan fingerprint density at radius 3 is 2.65 bits per heavy atom. The molecule has 1 aromatic heterocycles. The zero-order valence-corrected chi connectivity index (χ0v) is 14.2. The fourth-order valence-corrected chi connectivity index (χ4v) is 5.09. The van der Waals surface area contributed by atoms with Crippen molar-refractivity contribution < 1.29 is 0 Å². The summed E-state index contributed by atoms with van der Waals surface area (Å²) in [5, 5.41) is 1.47. The lowest BCUT2D eigenvalue weighted by atomic mass is 10.0. The third-order valence-corrected chi connectivity index (χ3v) is 6.27. The van der Waals surface area contributed by atoms with Crippen LogP contribution in [-0.2, 0) is 13.0 Å². The standard InChI is InChI=1S/C16H25N3Si/c1-18(2)11-12-10-17-14-6-7-15-13(16(12)14)8-9-19(15)20(3,4)5/h6-7,10,17H,8-9,11H2,1-5H3. The smallest absolute Gasteiger partial charge is 0.147 e. The van der Waals surface area contributed by atoms with Gasteiger partial charge in [0, 0.05) is 35.9 Å². The monoisotopic (exact) mass is 287 g/mol. The van der Waals surface area contributed by atoms with Gasteiger partial charge in [-0.3, -0.25) is 0 Å². The minimum Gasteiger partial charge on any atom is -0.397 e. The normalized spacial score (nSPS) is 15.4. The number of anilines is 1. The van der Waals surface area contributed by atoms with E-state index in [4.69, 9.17) is 0 Å². The van der Waals surface area contributed by atoms with Gasteiger partial charge in [0.1, 0.15) is 8.24 Å². The van der Waals surface area contributed by atoms with Gasteiger partial charge in [-0.05, 0) is 43.8 Å². The zero-order chi connectivity index (χ0) is 14.5. The molecule has 0 atom stereocenters. The van der Waals surface area contributed by atoms with E-state index in [0.29, 0.717) is 0 Å². The average Bonchev–Trinajstić information content (AvgIpc) is 2.90. The SMILES string of the molecule is CN(C)Cc1c[nH]c2ccc3c(c12)CCN3[Si](C)(C)C. The van der Waals surface area contributed by atoms with Crippen LogP contribution in [0.15, 0.2) is 18.3 Å². The third kappa shape index (κ3) is 2.17. The van der Waals surface area contributed by atoms with Gasteiger partial charge >= 0.3 is 0 Å². The number of hydrogen-bond donors (Lipinski definition) is 1. The maximum absolute atomic E-state index is 3.44. The Hall–Kier alpha value is -1.26. The second kappa shape index (κ2) is 4.64. The van der Waals surface area contributed by atoms with E-state index in [-0.39, 0.29) is 0 Å². The molecule has 0 saturated carbocycles. The molecular formula is C16H25N3Si. The summed E-state index contributed by atoms with van der Waals surface area (Å²) >= 11 is 0. The van der Waals surface area contributed by atoms with Crippen molar-refractivity contribution in [1.29, 1.82) is 0 Å². The average molecular weight is 287 g/mol. The summed E-state index contributed by atoms with van der Waals surface area (Å²) in [6.07, 6.45) is 3.37. The maximum atomic E-state index is 3.44. The van der Waals surface area contributed by atoms with Gasteiger partial charge in [-0.25, -0.2) is 0 Å². The number of fused-ring (bicyclic) bond motifs is 3. The number of aromatic nitrogens is 1. The van der Waals surface area contributed by atoms with Gasteiger partial charge in [0.25, 0.3) is 0 Å². The molecule has 4 heteroatoms. The first-order valence-electron chi connectivity index (χ1n) is 7.42. The van der Waals surface area contributed by atoms with E-state index >= 15 is 0 Å². The number of benzene rings is 1. The molecule has 1 aromatic carbocycles. The van der Waals surface area contributed by atoms with Gasteiger partial charge in [0.15, 0.2) is 0 Å². The molecular weight excluding hydrogens is 262 g/mol. The maximum Gasteiger partial charge on any atom is 0.147 e. The predicted molar refractivity (Wildman–Crippen MR) is 90.1 cm³/mol. The molecule has 0 bridgehead atoms. The second-order valence-electron chi connectivity index (χ2n) is 7.11. The van der Waals surface area contributed by atoms with Gasteiger partial charge in [0.05, 0.1) is 0 Å². The molecule has 108 valence electrons. The van der Waals surface area contributed by atoms with Crippen LogP contribution in [0, 0.1) is 0 Å². The topological polar surface area (TPSA) is 22.3 Å². The minimum absolute atomic E-state index is 1.00. The Balaban J connectivity index is 2.14. The van der Waals surface area contributed by atoms with Crippen LogP contribution >= 0.6 is 0 Å². The summed E-state index contributed by atoms with van der Waals surface area (Å²) in [4.78, 5) is 5.69. The number of hydrogen-bond acceptors (Lipinski definition) is 2. The molecule has 1 aliphatic heterocycles. The van der Waals surface area contributed by atoms with E-state index in [1.165, 1.54) is 35.1 Å². The van der Waals surface area contributed by atoms with Gasteiger partial charge in [-0.1, -0.05) is 19.6 Å². The lowest BCUT2D eigenvalue weighted by molar-refractivity contribution is 0.404. The summed E-state index contributed by atoms with van der Waals surface area (Å²) in [5.41, 5.74) is 5.76. The molecule has 0 fully saturated rings. The molecule has 3 rings (SSSR count). The Morgan fingerprint density at radius 2 is 2.00 bits per heavy atom. The number of nitrogens with one attached hydrogen (secondary N) is 1.